The molecule has 0 aliphatic rings. The Balaban J connectivity index is 1.72. The number of likely N-dealkylation sites (N-methyl/N-ethyl adjacent to an activating group) is 1. The van der Waals surface area contributed by atoms with Gasteiger partial charge in [-0.1, -0.05) is 43.3 Å². The smallest absolute Gasteiger partial charge is 0.238 e. The minimum atomic E-state index is -0.270. The van der Waals surface area contributed by atoms with Gasteiger partial charge < -0.3 is 10.6 Å². The zero-order valence-corrected chi connectivity index (χ0v) is 15.8. The third-order valence-corrected chi connectivity index (χ3v) is 4.17. The molecule has 5 nitrogen and oxygen atoms in total. The van der Waals surface area contributed by atoms with Crippen molar-refractivity contribution in [2.75, 3.05) is 32.0 Å². The van der Waals surface area contributed by atoms with Crippen molar-refractivity contribution in [3.8, 4) is 0 Å². The van der Waals surface area contributed by atoms with Crippen LogP contribution in [0.1, 0.15) is 18.1 Å². The van der Waals surface area contributed by atoms with Gasteiger partial charge in [-0.05, 0) is 43.1 Å². The fourth-order valence-corrected chi connectivity index (χ4v) is 2.78. The van der Waals surface area contributed by atoms with Gasteiger partial charge in [0.15, 0.2) is 0 Å². The molecule has 0 heterocycles. The van der Waals surface area contributed by atoms with Gasteiger partial charge in [-0.3, -0.25) is 14.5 Å². The maximum absolute atomic E-state index is 13.5. The van der Waals surface area contributed by atoms with Crippen LogP contribution in [-0.4, -0.2) is 43.4 Å². The molecule has 0 spiro atoms. The summed E-state index contributed by atoms with van der Waals surface area (Å²) in [5, 5.41) is 5.63. The van der Waals surface area contributed by atoms with Crippen molar-refractivity contribution in [3.05, 3.63) is 65.5 Å². The number of hydrogen-bond acceptors (Lipinski definition) is 3. The summed E-state index contributed by atoms with van der Waals surface area (Å²) in [5.74, 6) is -0.638. The summed E-state index contributed by atoms with van der Waals surface area (Å²) in [6.45, 7) is 2.59. The second-order valence-electron chi connectivity index (χ2n) is 6.42. The van der Waals surface area contributed by atoms with Crippen LogP contribution in [0.25, 0.3) is 0 Å². The van der Waals surface area contributed by atoms with E-state index in [1.807, 2.05) is 31.2 Å². The molecule has 0 bridgehead atoms. The SMILES string of the molecule is CCc1ccccc1NC(=O)CN(C)CC(=O)NCCc1ccccc1F. The number of nitrogens with zero attached hydrogens (tertiary/aromatic N) is 1. The molecule has 2 amide bonds. The van der Waals surface area contributed by atoms with Gasteiger partial charge in [0.2, 0.25) is 11.8 Å². The number of nitrogens with one attached hydrogen (secondary N) is 2. The van der Waals surface area contributed by atoms with Crippen LogP contribution in [0.15, 0.2) is 48.5 Å². The van der Waals surface area contributed by atoms with Crippen molar-refractivity contribution in [1.82, 2.24) is 10.2 Å². The Kier molecular flexibility index (Phi) is 7.95. The molecule has 0 fully saturated rings. The zero-order chi connectivity index (χ0) is 19.6. The van der Waals surface area contributed by atoms with Gasteiger partial charge >= 0.3 is 0 Å². The van der Waals surface area contributed by atoms with Crippen LogP contribution in [-0.2, 0) is 22.4 Å². The molecule has 27 heavy (non-hydrogen) atoms. The lowest BCUT2D eigenvalue weighted by atomic mass is 10.1. The molecular weight excluding hydrogens is 345 g/mol. The van der Waals surface area contributed by atoms with E-state index in [9.17, 15) is 14.0 Å². The molecule has 0 aliphatic heterocycles. The minimum absolute atomic E-state index is 0.0973. The van der Waals surface area contributed by atoms with E-state index in [1.54, 1.807) is 30.1 Å². The Morgan fingerprint density at radius 3 is 2.30 bits per heavy atom. The van der Waals surface area contributed by atoms with Crippen LogP contribution in [0.4, 0.5) is 10.1 Å². The number of para-hydroxylation sites is 1. The Morgan fingerprint density at radius 2 is 1.59 bits per heavy atom. The number of amides is 2. The van der Waals surface area contributed by atoms with Crippen molar-refractivity contribution in [2.24, 2.45) is 0 Å². The van der Waals surface area contributed by atoms with Crippen LogP contribution in [0.2, 0.25) is 0 Å². The van der Waals surface area contributed by atoms with E-state index in [2.05, 4.69) is 10.6 Å². The van der Waals surface area contributed by atoms with E-state index in [0.717, 1.165) is 17.7 Å². The van der Waals surface area contributed by atoms with Crippen LogP contribution in [0, 0.1) is 5.82 Å². The van der Waals surface area contributed by atoms with E-state index < -0.39 is 0 Å². The summed E-state index contributed by atoms with van der Waals surface area (Å²) in [6.07, 6.45) is 1.26. The number of benzene rings is 2. The Hall–Kier alpha value is -2.73. The average Bonchev–Trinajstić information content (AvgIpc) is 2.63. The van der Waals surface area contributed by atoms with E-state index in [4.69, 9.17) is 0 Å². The molecule has 0 atom stereocenters. The second kappa shape index (κ2) is 10.4. The molecule has 2 aromatic rings. The first-order chi connectivity index (χ1) is 13.0. The highest BCUT2D eigenvalue weighted by atomic mass is 19.1. The number of halogens is 1. The lowest BCUT2D eigenvalue weighted by molar-refractivity contribution is -0.122. The van der Waals surface area contributed by atoms with Crippen molar-refractivity contribution >= 4 is 17.5 Å². The summed E-state index contributed by atoms with van der Waals surface area (Å²) < 4.78 is 13.5. The molecule has 0 radical (unpaired) electrons. The van der Waals surface area contributed by atoms with Gasteiger partial charge in [0, 0.05) is 12.2 Å². The summed E-state index contributed by atoms with van der Waals surface area (Å²) in [4.78, 5) is 25.8. The number of hydrogen-bond donors (Lipinski definition) is 2. The maximum atomic E-state index is 13.5. The molecular formula is C21H26FN3O2. The molecule has 0 saturated carbocycles. The third-order valence-electron chi connectivity index (χ3n) is 4.17. The highest BCUT2D eigenvalue weighted by Gasteiger charge is 2.12. The van der Waals surface area contributed by atoms with Gasteiger partial charge in [0.1, 0.15) is 5.82 Å². The molecule has 0 aromatic heterocycles. The topological polar surface area (TPSA) is 61.4 Å². The quantitative estimate of drug-likeness (QED) is 0.712. The summed E-state index contributed by atoms with van der Waals surface area (Å²) in [5.41, 5.74) is 2.44. The minimum Gasteiger partial charge on any atom is -0.355 e. The fourth-order valence-electron chi connectivity index (χ4n) is 2.78. The zero-order valence-electron chi connectivity index (χ0n) is 15.8. The van der Waals surface area contributed by atoms with Crippen molar-refractivity contribution in [1.29, 1.82) is 0 Å². The van der Waals surface area contributed by atoms with Crippen molar-refractivity contribution < 1.29 is 14.0 Å². The van der Waals surface area contributed by atoms with E-state index in [1.165, 1.54) is 6.07 Å². The monoisotopic (exact) mass is 371 g/mol. The Labute approximate surface area is 159 Å². The van der Waals surface area contributed by atoms with E-state index in [0.29, 0.717) is 18.5 Å². The number of rotatable bonds is 9. The van der Waals surface area contributed by atoms with Gasteiger partial charge in [-0.15, -0.1) is 0 Å². The van der Waals surface area contributed by atoms with Gasteiger partial charge in [0.25, 0.3) is 0 Å². The number of carbonyl (C=O) groups excluding carboxylic acids is 2. The largest absolute Gasteiger partial charge is 0.355 e. The predicted octanol–water partition coefficient (Wildman–Crippen LogP) is 2.62. The van der Waals surface area contributed by atoms with Gasteiger partial charge in [-0.25, -0.2) is 4.39 Å². The number of carbonyl (C=O) groups is 2. The molecule has 6 heteroatoms. The standard InChI is InChI=1S/C21H26FN3O2/c1-3-16-8-5-7-11-19(16)24-21(27)15-25(2)14-20(26)23-13-12-17-9-4-6-10-18(17)22/h4-11H,3,12-15H2,1-2H3,(H,23,26)(H,24,27). The van der Waals surface area contributed by atoms with Crippen molar-refractivity contribution in [2.45, 2.75) is 19.8 Å². The summed E-state index contributed by atoms with van der Waals surface area (Å²) >= 11 is 0. The van der Waals surface area contributed by atoms with Crippen molar-refractivity contribution in [3.63, 3.8) is 0 Å². The molecule has 144 valence electrons. The highest BCUT2D eigenvalue weighted by molar-refractivity contribution is 5.93. The molecule has 0 aliphatic carbocycles. The second-order valence-corrected chi connectivity index (χ2v) is 6.42. The molecule has 2 rings (SSSR count). The Morgan fingerprint density at radius 1 is 0.963 bits per heavy atom. The van der Waals surface area contributed by atoms with Crippen LogP contribution in [0.3, 0.4) is 0 Å². The first-order valence-corrected chi connectivity index (χ1v) is 9.06. The summed E-state index contributed by atoms with van der Waals surface area (Å²) in [6, 6.07) is 14.2. The lowest BCUT2D eigenvalue weighted by Gasteiger charge is -2.17. The third kappa shape index (κ3) is 6.83. The molecule has 2 N–H and O–H groups in total. The fraction of sp³-hybridized carbons (Fsp3) is 0.333. The Bertz CT molecular complexity index is 780. The van der Waals surface area contributed by atoms with Gasteiger partial charge in [0.05, 0.1) is 13.1 Å². The highest BCUT2D eigenvalue weighted by Crippen LogP contribution is 2.15. The molecule has 0 saturated heterocycles. The molecule has 2 aromatic carbocycles. The van der Waals surface area contributed by atoms with Gasteiger partial charge in [-0.2, -0.15) is 0 Å². The predicted molar refractivity (Wildman–Crippen MR) is 105 cm³/mol. The van der Waals surface area contributed by atoms with Crippen LogP contribution >= 0.6 is 0 Å². The molecule has 0 unspecified atom stereocenters. The van der Waals surface area contributed by atoms with E-state index in [-0.39, 0.29) is 30.7 Å². The summed E-state index contributed by atoms with van der Waals surface area (Å²) in [7, 11) is 1.71. The van der Waals surface area contributed by atoms with E-state index >= 15 is 0 Å². The average molecular weight is 371 g/mol. The lowest BCUT2D eigenvalue weighted by Crippen LogP contribution is -2.39. The first-order valence-electron chi connectivity index (χ1n) is 9.06. The first kappa shape index (κ1) is 20.6. The van der Waals surface area contributed by atoms with Crippen LogP contribution in [0.5, 0.6) is 0 Å². The normalized spacial score (nSPS) is 10.7. The maximum Gasteiger partial charge on any atom is 0.238 e. The number of aryl methyl sites for hydroxylation is 1. The number of anilines is 1. The van der Waals surface area contributed by atoms with Crippen LogP contribution < -0.4 is 10.6 Å².